The summed E-state index contributed by atoms with van der Waals surface area (Å²) in [6.45, 7) is 2.12. The SMILES string of the molecule is C[C@H](C(=O)NC(N)=O)N(C)Cc1ccc(F)cc1. The van der Waals surface area contributed by atoms with E-state index in [0.717, 1.165) is 5.56 Å². The second-order valence-corrected chi connectivity index (χ2v) is 4.07. The molecule has 1 atom stereocenters. The van der Waals surface area contributed by atoms with Crippen LogP contribution in [0.5, 0.6) is 0 Å². The zero-order valence-corrected chi connectivity index (χ0v) is 10.3. The van der Waals surface area contributed by atoms with E-state index in [4.69, 9.17) is 5.73 Å². The number of primary amides is 1. The minimum Gasteiger partial charge on any atom is -0.351 e. The number of carbonyl (C=O) groups is 2. The molecule has 0 bridgehead atoms. The van der Waals surface area contributed by atoms with Gasteiger partial charge in [0, 0.05) is 6.54 Å². The lowest BCUT2D eigenvalue weighted by atomic mass is 10.2. The molecule has 0 aliphatic heterocycles. The fourth-order valence-corrected chi connectivity index (χ4v) is 1.44. The van der Waals surface area contributed by atoms with E-state index in [0.29, 0.717) is 6.54 Å². The summed E-state index contributed by atoms with van der Waals surface area (Å²) in [5, 5.41) is 2.02. The second-order valence-electron chi connectivity index (χ2n) is 4.07. The number of likely N-dealkylation sites (N-methyl/N-ethyl adjacent to an activating group) is 1. The topological polar surface area (TPSA) is 75.4 Å². The van der Waals surface area contributed by atoms with Crippen LogP contribution in [0.1, 0.15) is 12.5 Å². The predicted octanol–water partition coefficient (Wildman–Crippen LogP) is 0.841. The van der Waals surface area contributed by atoms with Crippen molar-refractivity contribution in [2.24, 2.45) is 5.73 Å². The number of amides is 3. The molecule has 0 spiro atoms. The molecule has 0 heterocycles. The lowest BCUT2D eigenvalue weighted by Gasteiger charge is -2.23. The summed E-state index contributed by atoms with van der Waals surface area (Å²) in [6.07, 6.45) is 0. The Morgan fingerprint density at radius 2 is 1.94 bits per heavy atom. The summed E-state index contributed by atoms with van der Waals surface area (Å²) in [4.78, 5) is 23.8. The van der Waals surface area contributed by atoms with Gasteiger partial charge in [0.05, 0.1) is 6.04 Å². The van der Waals surface area contributed by atoms with Crippen LogP contribution < -0.4 is 11.1 Å². The van der Waals surface area contributed by atoms with Crippen LogP contribution in [0.2, 0.25) is 0 Å². The number of urea groups is 1. The molecule has 0 radical (unpaired) electrons. The van der Waals surface area contributed by atoms with Crippen LogP contribution in [-0.4, -0.2) is 29.9 Å². The molecular formula is C12H16FN3O2. The maximum absolute atomic E-state index is 12.7. The molecule has 6 heteroatoms. The van der Waals surface area contributed by atoms with Gasteiger partial charge in [0.2, 0.25) is 5.91 Å². The van der Waals surface area contributed by atoms with Gasteiger partial charge in [-0.2, -0.15) is 0 Å². The van der Waals surface area contributed by atoms with Crippen molar-refractivity contribution in [1.29, 1.82) is 0 Å². The average Bonchev–Trinajstić information content (AvgIpc) is 2.30. The lowest BCUT2D eigenvalue weighted by Crippen LogP contribution is -2.46. The molecule has 0 unspecified atom stereocenters. The minimum absolute atomic E-state index is 0.305. The van der Waals surface area contributed by atoms with Crippen molar-refractivity contribution < 1.29 is 14.0 Å². The number of rotatable bonds is 4. The predicted molar refractivity (Wildman–Crippen MR) is 65.1 cm³/mol. The average molecular weight is 253 g/mol. The number of hydrogen-bond donors (Lipinski definition) is 2. The molecule has 0 aliphatic carbocycles. The first-order chi connectivity index (χ1) is 8.40. The van der Waals surface area contributed by atoms with Crippen LogP contribution in [0.15, 0.2) is 24.3 Å². The highest BCUT2D eigenvalue weighted by atomic mass is 19.1. The van der Waals surface area contributed by atoms with Gasteiger partial charge in [-0.1, -0.05) is 12.1 Å². The summed E-state index contributed by atoms with van der Waals surface area (Å²) < 4.78 is 12.7. The zero-order valence-electron chi connectivity index (χ0n) is 10.3. The molecule has 0 aliphatic rings. The van der Waals surface area contributed by atoms with Crippen molar-refractivity contribution >= 4 is 11.9 Å². The van der Waals surface area contributed by atoms with Gasteiger partial charge in [-0.15, -0.1) is 0 Å². The largest absolute Gasteiger partial charge is 0.351 e. The van der Waals surface area contributed by atoms with Crippen LogP contribution >= 0.6 is 0 Å². The summed E-state index contributed by atoms with van der Waals surface area (Å²) in [5.41, 5.74) is 5.74. The molecule has 1 aromatic carbocycles. The Bertz CT molecular complexity index is 433. The zero-order chi connectivity index (χ0) is 13.7. The third-order valence-corrected chi connectivity index (χ3v) is 2.63. The van der Waals surface area contributed by atoms with Gasteiger partial charge in [0.25, 0.3) is 0 Å². The van der Waals surface area contributed by atoms with Crippen molar-refractivity contribution in [3.63, 3.8) is 0 Å². The summed E-state index contributed by atoms with van der Waals surface area (Å²) in [5.74, 6) is -0.770. The van der Waals surface area contributed by atoms with Gasteiger partial charge in [-0.25, -0.2) is 9.18 Å². The van der Waals surface area contributed by atoms with Crippen molar-refractivity contribution in [3.05, 3.63) is 35.6 Å². The molecule has 0 fully saturated rings. The van der Waals surface area contributed by atoms with Crippen LogP contribution in [0.25, 0.3) is 0 Å². The molecule has 0 saturated carbocycles. The molecule has 0 aromatic heterocycles. The molecule has 3 amide bonds. The lowest BCUT2D eigenvalue weighted by molar-refractivity contribution is -0.124. The number of imide groups is 1. The molecule has 3 N–H and O–H groups in total. The summed E-state index contributed by atoms with van der Waals surface area (Å²) >= 11 is 0. The van der Waals surface area contributed by atoms with E-state index in [-0.39, 0.29) is 5.82 Å². The maximum Gasteiger partial charge on any atom is 0.318 e. The molecular weight excluding hydrogens is 237 g/mol. The maximum atomic E-state index is 12.7. The molecule has 1 rings (SSSR count). The number of nitrogens with two attached hydrogens (primary N) is 1. The molecule has 98 valence electrons. The Morgan fingerprint density at radius 3 is 2.44 bits per heavy atom. The van der Waals surface area contributed by atoms with E-state index in [2.05, 4.69) is 0 Å². The van der Waals surface area contributed by atoms with Crippen LogP contribution in [0.4, 0.5) is 9.18 Å². The van der Waals surface area contributed by atoms with E-state index in [1.165, 1.54) is 12.1 Å². The standard InChI is InChI=1S/C12H16FN3O2/c1-8(11(17)15-12(14)18)16(2)7-9-3-5-10(13)6-4-9/h3-6,8H,7H2,1-2H3,(H3,14,15,17,18)/t8-/m1/s1. The smallest absolute Gasteiger partial charge is 0.318 e. The Morgan fingerprint density at radius 1 is 1.39 bits per heavy atom. The number of hydrogen-bond acceptors (Lipinski definition) is 3. The van der Waals surface area contributed by atoms with Gasteiger partial charge in [-0.05, 0) is 31.7 Å². The number of carbonyl (C=O) groups excluding carboxylic acids is 2. The van der Waals surface area contributed by atoms with E-state index in [1.807, 2.05) is 5.32 Å². The monoisotopic (exact) mass is 253 g/mol. The van der Waals surface area contributed by atoms with Crippen LogP contribution in [0.3, 0.4) is 0 Å². The highest BCUT2D eigenvalue weighted by molar-refractivity contribution is 5.96. The first kappa shape index (κ1) is 14.1. The van der Waals surface area contributed by atoms with E-state index >= 15 is 0 Å². The van der Waals surface area contributed by atoms with Gasteiger partial charge >= 0.3 is 6.03 Å². The van der Waals surface area contributed by atoms with Gasteiger partial charge in [-0.3, -0.25) is 15.0 Å². The molecule has 18 heavy (non-hydrogen) atoms. The molecule has 5 nitrogen and oxygen atoms in total. The second kappa shape index (κ2) is 6.11. The fraction of sp³-hybridized carbons (Fsp3) is 0.333. The first-order valence-electron chi connectivity index (χ1n) is 5.45. The fourth-order valence-electron chi connectivity index (χ4n) is 1.44. The van der Waals surface area contributed by atoms with Crippen molar-refractivity contribution in [3.8, 4) is 0 Å². The summed E-state index contributed by atoms with van der Waals surface area (Å²) in [6, 6.07) is 4.62. The Balaban J connectivity index is 2.59. The number of halogens is 1. The van der Waals surface area contributed by atoms with Gasteiger partial charge < -0.3 is 5.73 Å². The van der Waals surface area contributed by atoms with E-state index in [9.17, 15) is 14.0 Å². The Hall–Kier alpha value is -1.95. The minimum atomic E-state index is -0.873. The number of nitrogens with zero attached hydrogens (tertiary/aromatic N) is 1. The molecule has 0 saturated heterocycles. The van der Waals surface area contributed by atoms with Crippen molar-refractivity contribution in [2.45, 2.75) is 19.5 Å². The highest BCUT2D eigenvalue weighted by Crippen LogP contribution is 2.07. The molecule has 1 aromatic rings. The van der Waals surface area contributed by atoms with Crippen LogP contribution in [-0.2, 0) is 11.3 Å². The van der Waals surface area contributed by atoms with Gasteiger partial charge in [0.1, 0.15) is 5.82 Å². The number of benzene rings is 1. The number of nitrogens with one attached hydrogen (secondary N) is 1. The Kier molecular flexibility index (Phi) is 4.79. The van der Waals surface area contributed by atoms with Crippen molar-refractivity contribution in [1.82, 2.24) is 10.2 Å². The van der Waals surface area contributed by atoms with E-state index < -0.39 is 18.0 Å². The van der Waals surface area contributed by atoms with E-state index in [1.54, 1.807) is 31.0 Å². The van der Waals surface area contributed by atoms with Crippen molar-refractivity contribution in [2.75, 3.05) is 7.05 Å². The summed E-state index contributed by atoms with van der Waals surface area (Å²) in [7, 11) is 1.73. The third-order valence-electron chi connectivity index (χ3n) is 2.63. The Labute approximate surface area is 105 Å². The van der Waals surface area contributed by atoms with Crippen LogP contribution in [0, 0.1) is 5.82 Å². The van der Waals surface area contributed by atoms with Gasteiger partial charge in [0.15, 0.2) is 0 Å². The first-order valence-corrected chi connectivity index (χ1v) is 5.45. The quantitative estimate of drug-likeness (QED) is 0.835. The third kappa shape index (κ3) is 4.14. The normalized spacial score (nSPS) is 12.2. The highest BCUT2D eigenvalue weighted by Gasteiger charge is 2.19.